The van der Waals surface area contributed by atoms with Gasteiger partial charge in [0.1, 0.15) is 11.6 Å². The highest BCUT2D eigenvalue weighted by Gasteiger charge is 2.12. The van der Waals surface area contributed by atoms with Crippen molar-refractivity contribution >= 4 is 11.5 Å². The number of hydrogen-bond donors (Lipinski definition) is 1. The molecule has 0 amide bonds. The highest BCUT2D eigenvalue weighted by molar-refractivity contribution is 5.69. The first-order valence-electron chi connectivity index (χ1n) is 6.82. The highest BCUT2D eigenvalue weighted by atomic mass is 15.1. The molecule has 0 spiro atoms. The number of benzene rings is 1. The molecule has 4 heteroatoms. The van der Waals surface area contributed by atoms with Gasteiger partial charge < -0.3 is 10.6 Å². The summed E-state index contributed by atoms with van der Waals surface area (Å²) in [7, 11) is 4.06. The fraction of sp³-hybridized carbons (Fsp3) is 0.375. The summed E-state index contributed by atoms with van der Waals surface area (Å²) in [5.41, 5.74) is 10.1. The van der Waals surface area contributed by atoms with Gasteiger partial charge in [-0.2, -0.15) is 0 Å². The molecule has 0 aliphatic heterocycles. The van der Waals surface area contributed by atoms with Crippen molar-refractivity contribution in [2.75, 3.05) is 24.7 Å². The molecule has 0 fully saturated rings. The molecule has 4 nitrogen and oxygen atoms in total. The van der Waals surface area contributed by atoms with Crippen molar-refractivity contribution in [3.63, 3.8) is 0 Å². The number of nitrogens with zero attached hydrogens (tertiary/aromatic N) is 3. The largest absolute Gasteiger partial charge is 0.383 e. The minimum absolute atomic E-state index is 0.262. The molecule has 0 atom stereocenters. The van der Waals surface area contributed by atoms with Crippen molar-refractivity contribution in [1.29, 1.82) is 0 Å². The monoisotopic (exact) mass is 270 g/mol. The zero-order chi connectivity index (χ0) is 14.9. The molecular weight excluding hydrogens is 248 g/mol. The second-order valence-corrected chi connectivity index (χ2v) is 5.54. The van der Waals surface area contributed by atoms with Gasteiger partial charge >= 0.3 is 0 Å². The topological polar surface area (TPSA) is 55.0 Å². The first-order chi connectivity index (χ1) is 9.40. The number of hydrogen-bond acceptors (Lipinski definition) is 4. The standard InChI is InChI=1S/C16H22N4/c1-10(2)16-18-14(11(3)15(17)19-16)12-6-8-13(9-7-12)20(4)5/h6-10H,1-5H3,(H2,17,18,19). The summed E-state index contributed by atoms with van der Waals surface area (Å²) in [6.07, 6.45) is 0. The van der Waals surface area contributed by atoms with E-state index in [0.717, 1.165) is 28.3 Å². The molecule has 2 rings (SSSR count). The van der Waals surface area contributed by atoms with Crippen molar-refractivity contribution in [2.24, 2.45) is 0 Å². The number of nitrogens with two attached hydrogens (primary N) is 1. The van der Waals surface area contributed by atoms with Gasteiger partial charge in [0, 0.05) is 36.8 Å². The summed E-state index contributed by atoms with van der Waals surface area (Å²) in [5.74, 6) is 1.62. The van der Waals surface area contributed by atoms with Gasteiger partial charge in [0.25, 0.3) is 0 Å². The fourth-order valence-electron chi connectivity index (χ4n) is 2.01. The summed E-state index contributed by atoms with van der Waals surface area (Å²) in [4.78, 5) is 11.1. The van der Waals surface area contributed by atoms with Crippen LogP contribution in [0.5, 0.6) is 0 Å². The second-order valence-electron chi connectivity index (χ2n) is 5.54. The van der Waals surface area contributed by atoms with E-state index in [2.05, 4.69) is 53.0 Å². The van der Waals surface area contributed by atoms with Gasteiger partial charge in [0.15, 0.2) is 0 Å². The molecule has 0 aliphatic rings. The van der Waals surface area contributed by atoms with E-state index in [1.165, 1.54) is 0 Å². The third-order valence-electron chi connectivity index (χ3n) is 3.37. The minimum Gasteiger partial charge on any atom is -0.383 e. The molecule has 1 heterocycles. The van der Waals surface area contributed by atoms with Crippen molar-refractivity contribution in [2.45, 2.75) is 26.7 Å². The van der Waals surface area contributed by atoms with E-state index < -0.39 is 0 Å². The maximum atomic E-state index is 6.02. The second kappa shape index (κ2) is 5.49. The average molecular weight is 270 g/mol. The summed E-state index contributed by atoms with van der Waals surface area (Å²) >= 11 is 0. The maximum Gasteiger partial charge on any atom is 0.133 e. The van der Waals surface area contributed by atoms with E-state index in [9.17, 15) is 0 Å². The van der Waals surface area contributed by atoms with Gasteiger partial charge in [-0.25, -0.2) is 9.97 Å². The molecule has 1 aromatic carbocycles. The Morgan fingerprint density at radius 3 is 2.15 bits per heavy atom. The van der Waals surface area contributed by atoms with Gasteiger partial charge in [-0.05, 0) is 19.1 Å². The SMILES string of the molecule is Cc1c(N)nc(C(C)C)nc1-c1ccc(N(C)C)cc1. The van der Waals surface area contributed by atoms with E-state index in [1.54, 1.807) is 0 Å². The van der Waals surface area contributed by atoms with Crippen LogP contribution in [0.2, 0.25) is 0 Å². The lowest BCUT2D eigenvalue weighted by Gasteiger charge is -2.15. The fourth-order valence-corrected chi connectivity index (χ4v) is 2.01. The Kier molecular flexibility index (Phi) is 3.93. The lowest BCUT2D eigenvalue weighted by atomic mass is 10.1. The predicted octanol–water partition coefficient (Wildman–Crippen LogP) is 3.22. The third-order valence-corrected chi connectivity index (χ3v) is 3.37. The molecule has 106 valence electrons. The summed E-state index contributed by atoms with van der Waals surface area (Å²) < 4.78 is 0. The molecule has 0 aliphatic carbocycles. The zero-order valence-electron chi connectivity index (χ0n) is 12.8. The Hall–Kier alpha value is -2.10. The molecule has 0 unspecified atom stereocenters. The van der Waals surface area contributed by atoms with E-state index in [1.807, 2.05) is 21.0 Å². The molecule has 1 aromatic heterocycles. The van der Waals surface area contributed by atoms with Gasteiger partial charge in [-0.1, -0.05) is 26.0 Å². The van der Waals surface area contributed by atoms with E-state index in [4.69, 9.17) is 5.73 Å². The Bertz CT molecular complexity index is 601. The number of nitrogen functional groups attached to an aromatic ring is 1. The average Bonchev–Trinajstić information content (AvgIpc) is 2.41. The number of aromatic nitrogens is 2. The Labute approximate surface area is 120 Å². The van der Waals surface area contributed by atoms with Crippen LogP contribution in [-0.2, 0) is 0 Å². The van der Waals surface area contributed by atoms with Crippen LogP contribution in [0.25, 0.3) is 11.3 Å². The van der Waals surface area contributed by atoms with Gasteiger partial charge in [-0.15, -0.1) is 0 Å². The van der Waals surface area contributed by atoms with Crippen LogP contribution in [0.4, 0.5) is 11.5 Å². The van der Waals surface area contributed by atoms with Crippen LogP contribution in [-0.4, -0.2) is 24.1 Å². The van der Waals surface area contributed by atoms with E-state index in [-0.39, 0.29) is 5.92 Å². The quantitative estimate of drug-likeness (QED) is 0.930. The van der Waals surface area contributed by atoms with Crippen LogP contribution >= 0.6 is 0 Å². The van der Waals surface area contributed by atoms with Crippen molar-refractivity contribution in [1.82, 2.24) is 9.97 Å². The molecule has 20 heavy (non-hydrogen) atoms. The number of anilines is 2. The van der Waals surface area contributed by atoms with Crippen LogP contribution in [0.1, 0.15) is 31.2 Å². The molecule has 0 bridgehead atoms. The molecule has 0 saturated carbocycles. The van der Waals surface area contributed by atoms with Gasteiger partial charge in [0.2, 0.25) is 0 Å². The first-order valence-corrected chi connectivity index (χ1v) is 6.82. The Balaban J connectivity index is 2.51. The van der Waals surface area contributed by atoms with Gasteiger partial charge in [-0.3, -0.25) is 0 Å². The zero-order valence-corrected chi connectivity index (χ0v) is 12.8. The molecule has 2 N–H and O–H groups in total. The molecular formula is C16H22N4. The Morgan fingerprint density at radius 1 is 1.05 bits per heavy atom. The highest BCUT2D eigenvalue weighted by Crippen LogP contribution is 2.27. The van der Waals surface area contributed by atoms with Crippen LogP contribution in [0.3, 0.4) is 0 Å². The van der Waals surface area contributed by atoms with Crippen molar-refractivity contribution in [3.8, 4) is 11.3 Å². The maximum absolute atomic E-state index is 6.02. The summed E-state index contributed by atoms with van der Waals surface area (Å²) in [5, 5.41) is 0. The minimum atomic E-state index is 0.262. The predicted molar refractivity (Wildman–Crippen MR) is 85.0 cm³/mol. The normalized spacial score (nSPS) is 10.9. The third kappa shape index (κ3) is 2.74. The lowest BCUT2D eigenvalue weighted by molar-refractivity contribution is 0.776. The summed E-state index contributed by atoms with van der Waals surface area (Å²) in [6.45, 7) is 6.11. The molecule has 0 radical (unpaired) electrons. The van der Waals surface area contributed by atoms with Crippen LogP contribution < -0.4 is 10.6 Å². The summed E-state index contributed by atoms with van der Waals surface area (Å²) in [6, 6.07) is 8.33. The molecule has 2 aromatic rings. The van der Waals surface area contributed by atoms with Crippen molar-refractivity contribution in [3.05, 3.63) is 35.7 Å². The van der Waals surface area contributed by atoms with E-state index in [0.29, 0.717) is 5.82 Å². The van der Waals surface area contributed by atoms with Gasteiger partial charge in [0.05, 0.1) is 5.69 Å². The smallest absolute Gasteiger partial charge is 0.133 e. The van der Waals surface area contributed by atoms with Crippen LogP contribution in [0.15, 0.2) is 24.3 Å². The molecule has 0 saturated heterocycles. The Morgan fingerprint density at radius 2 is 1.65 bits per heavy atom. The lowest BCUT2D eigenvalue weighted by Crippen LogP contribution is -2.08. The van der Waals surface area contributed by atoms with Crippen molar-refractivity contribution < 1.29 is 0 Å². The number of rotatable bonds is 3. The van der Waals surface area contributed by atoms with E-state index >= 15 is 0 Å². The van der Waals surface area contributed by atoms with Crippen LogP contribution in [0, 0.1) is 6.92 Å². The first kappa shape index (κ1) is 14.3.